The normalized spacial score (nSPS) is 10.9. The largest absolute Gasteiger partial charge is 0.465 e. The molecule has 0 saturated heterocycles. The number of ether oxygens (including phenoxy) is 1. The minimum absolute atomic E-state index is 0.0522. The number of benzene rings is 3. The first-order valence-corrected chi connectivity index (χ1v) is 11.4. The lowest BCUT2D eigenvalue weighted by molar-refractivity contribution is -0.114. The predicted molar refractivity (Wildman–Crippen MR) is 120 cm³/mol. The molecule has 0 spiro atoms. The first-order valence-electron chi connectivity index (χ1n) is 9.15. The molecule has 7 nitrogen and oxygen atoms in total. The van der Waals surface area contributed by atoms with E-state index >= 15 is 0 Å². The molecular weight excluding hydrogens is 436 g/mol. The molecule has 0 heterocycles. The van der Waals surface area contributed by atoms with E-state index in [1.807, 2.05) is 0 Å². The molecule has 160 valence electrons. The number of para-hydroxylation sites is 1. The summed E-state index contributed by atoms with van der Waals surface area (Å²) in [5.41, 5.74) is 1.26. The average Bonchev–Trinajstić information content (AvgIpc) is 2.75. The maximum Gasteiger partial charge on any atom is 0.339 e. The molecule has 31 heavy (non-hydrogen) atoms. The Morgan fingerprint density at radius 3 is 2.13 bits per heavy atom. The summed E-state index contributed by atoms with van der Waals surface area (Å²) in [5.74, 6) is -0.715. The van der Waals surface area contributed by atoms with E-state index in [-0.39, 0.29) is 10.8 Å². The van der Waals surface area contributed by atoms with Crippen molar-refractivity contribution in [3.63, 3.8) is 0 Å². The predicted octanol–water partition coefficient (Wildman–Crippen LogP) is 4.38. The van der Waals surface area contributed by atoms with Crippen molar-refractivity contribution in [2.24, 2.45) is 0 Å². The van der Waals surface area contributed by atoms with Gasteiger partial charge in [0.15, 0.2) is 0 Å². The number of carbonyl (C=O) groups excluding carboxylic acids is 2. The van der Waals surface area contributed by atoms with Crippen molar-refractivity contribution in [3.8, 4) is 0 Å². The number of hydrogen-bond acceptors (Lipinski definition) is 6. The van der Waals surface area contributed by atoms with Gasteiger partial charge in [0, 0.05) is 22.4 Å². The molecule has 0 unspecified atom stereocenters. The zero-order valence-corrected chi connectivity index (χ0v) is 18.4. The van der Waals surface area contributed by atoms with Gasteiger partial charge in [-0.2, -0.15) is 0 Å². The van der Waals surface area contributed by atoms with Crippen molar-refractivity contribution >= 4 is 45.0 Å². The van der Waals surface area contributed by atoms with Crippen molar-refractivity contribution in [1.29, 1.82) is 0 Å². The van der Waals surface area contributed by atoms with Crippen LogP contribution in [0.1, 0.15) is 17.3 Å². The molecule has 1 amide bonds. The topological polar surface area (TPSA) is 102 Å². The maximum absolute atomic E-state index is 12.9. The zero-order valence-electron chi connectivity index (χ0n) is 16.8. The lowest BCUT2D eigenvalue weighted by Gasteiger charge is -2.14. The van der Waals surface area contributed by atoms with E-state index in [9.17, 15) is 18.0 Å². The van der Waals surface area contributed by atoms with Crippen LogP contribution in [0.15, 0.2) is 87.5 Å². The van der Waals surface area contributed by atoms with Gasteiger partial charge in [-0.05, 0) is 48.5 Å². The molecule has 3 aromatic carbocycles. The molecule has 0 aliphatic carbocycles. The van der Waals surface area contributed by atoms with Crippen molar-refractivity contribution < 1.29 is 22.7 Å². The summed E-state index contributed by atoms with van der Waals surface area (Å²) < 4.78 is 33.2. The third-order valence-corrected chi connectivity index (χ3v) is 6.66. The van der Waals surface area contributed by atoms with E-state index in [1.165, 1.54) is 50.1 Å². The Labute approximate surface area is 184 Å². The van der Waals surface area contributed by atoms with E-state index in [0.717, 1.165) is 0 Å². The molecule has 0 aromatic heterocycles. The van der Waals surface area contributed by atoms with E-state index in [2.05, 4.69) is 10.0 Å². The Morgan fingerprint density at radius 1 is 0.871 bits per heavy atom. The van der Waals surface area contributed by atoms with Gasteiger partial charge in [0.1, 0.15) is 0 Å². The summed E-state index contributed by atoms with van der Waals surface area (Å²) >= 11 is 1.25. The molecule has 0 aliphatic rings. The van der Waals surface area contributed by atoms with Crippen LogP contribution in [-0.2, 0) is 19.6 Å². The van der Waals surface area contributed by atoms with E-state index in [4.69, 9.17) is 4.74 Å². The minimum atomic E-state index is -3.87. The van der Waals surface area contributed by atoms with Crippen molar-refractivity contribution in [3.05, 3.63) is 78.4 Å². The highest BCUT2D eigenvalue weighted by atomic mass is 32.2. The fourth-order valence-electron chi connectivity index (χ4n) is 2.72. The number of rotatable bonds is 7. The number of esters is 1. The summed E-state index contributed by atoms with van der Waals surface area (Å²) in [6.45, 7) is 1.37. The van der Waals surface area contributed by atoms with Gasteiger partial charge in [0.05, 0.1) is 23.3 Å². The molecule has 0 aliphatic heterocycles. The van der Waals surface area contributed by atoms with Crippen molar-refractivity contribution in [1.82, 2.24) is 0 Å². The Morgan fingerprint density at radius 2 is 1.48 bits per heavy atom. The Kier molecular flexibility index (Phi) is 6.98. The van der Waals surface area contributed by atoms with Gasteiger partial charge in [0.25, 0.3) is 10.0 Å². The lowest BCUT2D eigenvalue weighted by atomic mass is 10.2. The summed E-state index contributed by atoms with van der Waals surface area (Å²) in [5, 5.41) is 2.59. The minimum Gasteiger partial charge on any atom is -0.465 e. The van der Waals surface area contributed by atoms with Gasteiger partial charge in [-0.15, -0.1) is 0 Å². The molecule has 3 rings (SSSR count). The molecular formula is C22H20N2O5S2. The fraction of sp³-hybridized carbons (Fsp3) is 0.0909. The van der Waals surface area contributed by atoms with Crippen molar-refractivity contribution in [2.45, 2.75) is 21.6 Å². The summed E-state index contributed by atoms with van der Waals surface area (Å²) in [6, 6.07) is 19.7. The van der Waals surface area contributed by atoms with Gasteiger partial charge < -0.3 is 10.1 Å². The van der Waals surface area contributed by atoms with Gasteiger partial charge >= 0.3 is 5.97 Å². The van der Waals surface area contributed by atoms with Gasteiger partial charge in [0.2, 0.25) is 5.91 Å². The standard InChI is InChI=1S/C22H20N2O5S2/c1-15(25)23-16-11-13-17(14-12-16)31(27,28)24-19-8-4-6-10-21(19)30-20-9-5-3-7-18(20)22(26)29-2/h3-14,24H,1-2H3,(H,23,25). The van der Waals surface area contributed by atoms with Crippen LogP contribution in [0.2, 0.25) is 0 Å². The second-order valence-corrected chi connectivity index (χ2v) is 9.16. The average molecular weight is 457 g/mol. The number of carbonyl (C=O) groups is 2. The molecule has 0 bridgehead atoms. The van der Waals surface area contributed by atoms with Crippen LogP contribution < -0.4 is 10.0 Å². The maximum atomic E-state index is 12.9. The van der Waals surface area contributed by atoms with Crippen LogP contribution in [0.3, 0.4) is 0 Å². The summed E-state index contributed by atoms with van der Waals surface area (Å²) in [7, 11) is -2.56. The monoisotopic (exact) mass is 456 g/mol. The van der Waals surface area contributed by atoms with Crippen LogP contribution in [0.4, 0.5) is 11.4 Å². The molecule has 0 saturated carbocycles. The van der Waals surface area contributed by atoms with Gasteiger partial charge in [-0.1, -0.05) is 36.0 Å². The van der Waals surface area contributed by atoms with Crippen LogP contribution in [0, 0.1) is 0 Å². The fourth-order valence-corrected chi connectivity index (χ4v) is 4.88. The van der Waals surface area contributed by atoms with Crippen LogP contribution in [0.5, 0.6) is 0 Å². The number of sulfonamides is 1. The third-order valence-electron chi connectivity index (χ3n) is 4.13. The Balaban J connectivity index is 1.87. The van der Waals surface area contributed by atoms with E-state index in [0.29, 0.717) is 26.7 Å². The van der Waals surface area contributed by atoms with E-state index < -0.39 is 16.0 Å². The second-order valence-electron chi connectivity index (χ2n) is 6.40. The number of methoxy groups -OCH3 is 1. The molecule has 0 fully saturated rings. The van der Waals surface area contributed by atoms with Crippen LogP contribution in [0.25, 0.3) is 0 Å². The smallest absolute Gasteiger partial charge is 0.339 e. The summed E-state index contributed by atoms with van der Waals surface area (Å²) in [4.78, 5) is 24.5. The van der Waals surface area contributed by atoms with E-state index in [1.54, 1.807) is 48.5 Å². The highest BCUT2D eigenvalue weighted by molar-refractivity contribution is 7.99. The number of nitrogens with one attached hydrogen (secondary N) is 2. The number of hydrogen-bond donors (Lipinski definition) is 2. The van der Waals surface area contributed by atoms with Gasteiger partial charge in [-0.25, -0.2) is 13.2 Å². The number of anilines is 2. The molecule has 2 N–H and O–H groups in total. The molecule has 0 atom stereocenters. The van der Waals surface area contributed by atoms with Crippen LogP contribution in [-0.4, -0.2) is 27.4 Å². The SMILES string of the molecule is COC(=O)c1ccccc1Sc1ccccc1NS(=O)(=O)c1ccc(NC(C)=O)cc1. The van der Waals surface area contributed by atoms with Gasteiger partial charge in [-0.3, -0.25) is 9.52 Å². The first-order chi connectivity index (χ1) is 14.8. The molecule has 3 aromatic rings. The quantitative estimate of drug-likeness (QED) is 0.512. The zero-order chi connectivity index (χ0) is 22.4. The lowest BCUT2D eigenvalue weighted by Crippen LogP contribution is -2.14. The highest BCUT2D eigenvalue weighted by Crippen LogP contribution is 2.36. The Bertz CT molecular complexity index is 1210. The summed E-state index contributed by atoms with van der Waals surface area (Å²) in [6.07, 6.45) is 0. The second kappa shape index (κ2) is 9.67. The molecule has 9 heteroatoms. The number of amides is 1. The molecule has 0 radical (unpaired) electrons. The van der Waals surface area contributed by atoms with Crippen molar-refractivity contribution in [2.75, 3.05) is 17.1 Å². The third kappa shape index (κ3) is 5.65. The highest BCUT2D eigenvalue weighted by Gasteiger charge is 2.18. The van der Waals surface area contributed by atoms with Crippen LogP contribution >= 0.6 is 11.8 Å². The Hall–Kier alpha value is -3.30. The first kappa shape index (κ1) is 22.4.